The molecular weight excluding hydrogens is 258 g/mol. The van der Waals surface area contributed by atoms with Crippen molar-refractivity contribution in [2.45, 2.75) is 43.5 Å². The Morgan fingerprint density at radius 2 is 2.00 bits per heavy atom. The predicted octanol–water partition coefficient (Wildman–Crippen LogP) is 2.68. The van der Waals surface area contributed by atoms with Crippen molar-refractivity contribution in [2.75, 3.05) is 0 Å². The Balaban J connectivity index is 2.82. The molecule has 0 heterocycles. The average Bonchev–Trinajstić information content (AvgIpc) is 2.15. The van der Waals surface area contributed by atoms with Gasteiger partial charge in [0.1, 0.15) is 0 Å². The molecule has 3 nitrogen and oxygen atoms in total. The van der Waals surface area contributed by atoms with Gasteiger partial charge in [-0.1, -0.05) is 12.1 Å². The molecule has 17 heavy (non-hydrogen) atoms. The molecule has 0 saturated heterocycles. The van der Waals surface area contributed by atoms with Crippen LogP contribution >= 0.6 is 11.6 Å². The van der Waals surface area contributed by atoms with E-state index in [1.54, 1.807) is 18.2 Å². The lowest BCUT2D eigenvalue weighted by atomic mass is 10.2. The van der Waals surface area contributed by atoms with Gasteiger partial charge in [-0.25, -0.2) is 13.1 Å². The van der Waals surface area contributed by atoms with E-state index in [9.17, 15) is 8.42 Å². The van der Waals surface area contributed by atoms with Crippen molar-refractivity contribution in [3.8, 4) is 0 Å². The summed E-state index contributed by atoms with van der Waals surface area (Å²) in [4.78, 5) is 0.298. The molecule has 0 bridgehead atoms. The first kappa shape index (κ1) is 14.5. The molecule has 1 aromatic rings. The van der Waals surface area contributed by atoms with Crippen LogP contribution in [0.5, 0.6) is 0 Å². The average molecular weight is 276 g/mol. The third-order valence-electron chi connectivity index (χ3n) is 2.33. The van der Waals surface area contributed by atoms with Crippen molar-refractivity contribution >= 4 is 21.6 Å². The SMILES string of the molecule is Cc1cccc(S(=O)(=O)NC(C)CC(C)Cl)c1. The second kappa shape index (κ2) is 5.85. The first-order valence-corrected chi connectivity index (χ1v) is 7.46. The highest BCUT2D eigenvalue weighted by molar-refractivity contribution is 7.89. The largest absolute Gasteiger partial charge is 0.240 e. The Kier molecular flexibility index (Phi) is 4.98. The van der Waals surface area contributed by atoms with Crippen LogP contribution in [-0.4, -0.2) is 19.8 Å². The minimum atomic E-state index is -3.44. The maximum Gasteiger partial charge on any atom is 0.240 e. The molecule has 0 aromatic heterocycles. The zero-order chi connectivity index (χ0) is 13.1. The van der Waals surface area contributed by atoms with Gasteiger partial charge in [-0.3, -0.25) is 0 Å². The quantitative estimate of drug-likeness (QED) is 0.840. The van der Waals surface area contributed by atoms with Gasteiger partial charge in [-0.15, -0.1) is 11.6 Å². The summed E-state index contributed by atoms with van der Waals surface area (Å²) >= 11 is 5.84. The molecule has 0 amide bonds. The number of halogens is 1. The van der Waals surface area contributed by atoms with Crippen LogP contribution in [0, 0.1) is 6.92 Å². The van der Waals surface area contributed by atoms with E-state index in [-0.39, 0.29) is 11.4 Å². The zero-order valence-electron chi connectivity index (χ0n) is 10.3. The molecule has 1 aromatic carbocycles. The second-order valence-electron chi connectivity index (χ2n) is 4.36. The lowest BCUT2D eigenvalue weighted by Crippen LogP contribution is -2.33. The van der Waals surface area contributed by atoms with Crippen LogP contribution in [-0.2, 0) is 10.0 Å². The Morgan fingerprint density at radius 3 is 2.53 bits per heavy atom. The van der Waals surface area contributed by atoms with Gasteiger partial charge in [0.2, 0.25) is 10.0 Å². The van der Waals surface area contributed by atoms with Crippen LogP contribution < -0.4 is 4.72 Å². The number of hydrogen-bond acceptors (Lipinski definition) is 2. The van der Waals surface area contributed by atoms with Crippen molar-refractivity contribution in [3.63, 3.8) is 0 Å². The third-order valence-corrected chi connectivity index (χ3v) is 4.10. The number of aryl methyl sites for hydroxylation is 1. The Morgan fingerprint density at radius 1 is 1.35 bits per heavy atom. The van der Waals surface area contributed by atoms with Crippen molar-refractivity contribution < 1.29 is 8.42 Å². The fraction of sp³-hybridized carbons (Fsp3) is 0.500. The van der Waals surface area contributed by atoms with Crippen LogP contribution in [0.2, 0.25) is 0 Å². The molecule has 5 heteroatoms. The van der Waals surface area contributed by atoms with E-state index in [0.717, 1.165) is 5.56 Å². The monoisotopic (exact) mass is 275 g/mol. The lowest BCUT2D eigenvalue weighted by Gasteiger charge is -2.15. The van der Waals surface area contributed by atoms with E-state index in [0.29, 0.717) is 11.3 Å². The van der Waals surface area contributed by atoms with Gasteiger partial charge < -0.3 is 0 Å². The van der Waals surface area contributed by atoms with E-state index >= 15 is 0 Å². The molecule has 0 aliphatic rings. The number of rotatable bonds is 5. The summed E-state index contributed by atoms with van der Waals surface area (Å²) < 4.78 is 26.7. The summed E-state index contributed by atoms with van der Waals surface area (Å²) in [5.41, 5.74) is 0.922. The van der Waals surface area contributed by atoms with Gasteiger partial charge >= 0.3 is 0 Å². The highest BCUT2D eigenvalue weighted by Crippen LogP contribution is 2.13. The predicted molar refractivity (Wildman–Crippen MR) is 70.9 cm³/mol. The molecule has 0 radical (unpaired) electrons. The topological polar surface area (TPSA) is 46.2 Å². The minimum absolute atomic E-state index is 0.0507. The summed E-state index contributed by atoms with van der Waals surface area (Å²) in [6.45, 7) is 5.52. The van der Waals surface area contributed by atoms with Crippen LogP contribution in [0.4, 0.5) is 0 Å². The first-order chi connectivity index (χ1) is 7.81. The molecule has 0 spiro atoms. The summed E-state index contributed by atoms with van der Waals surface area (Å²) in [5, 5.41) is -0.0507. The standard InChI is InChI=1S/C12H18ClNO2S/c1-9-5-4-6-12(7-9)17(15,16)14-11(3)8-10(2)13/h4-7,10-11,14H,8H2,1-3H3. The number of benzene rings is 1. The van der Waals surface area contributed by atoms with Gasteiger partial charge in [0, 0.05) is 11.4 Å². The molecule has 1 N–H and O–H groups in total. The third kappa shape index (κ3) is 4.66. The molecule has 1 rings (SSSR count). The number of alkyl halides is 1. The van der Waals surface area contributed by atoms with Gasteiger partial charge in [0.15, 0.2) is 0 Å². The lowest BCUT2D eigenvalue weighted by molar-refractivity contribution is 0.545. The fourth-order valence-corrected chi connectivity index (χ4v) is 3.28. The first-order valence-electron chi connectivity index (χ1n) is 5.54. The van der Waals surface area contributed by atoms with Crippen molar-refractivity contribution in [3.05, 3.63) is 29.8 Å². The normalized spacial score (nSPS) is 15.5. The smallest absolute Gasteiger partial charge is 0.208 e. The van der Waals surface area contributed by atoms with Crippen molar-refractivity contribution in [2.24, 2.45) is 0 Å². The van der Waals surface area contributed by atoms with Crippen molar-refractivity contribution in [1.82, 2.24) is 4.72 Å². The second-order valence-corrected chi connectivity index (χ2v) is 6.81. The Hall–Kier alpha value is -0.580. The Labute approximate surface area is 108 Å². The highest BCUT2D eigenvalue weighted by Gasteiger charge is 2.18. The molecule has 0 fully saturated rings. The molecule has 0 aliphatic carbocycles. The number of sulfonamides is 1. The zero-order valence-corrected chi connectivity index (χ0v) is 11.8. The van der Waals surface area contributed by atoms with Gasteiger partial charge in [0.25, 0.3) is 0 Å². The molecule has 2 unspecified atom stereocenters. The van der Waals surface area contributed by atoms with Gasteiger partial charge in [-0.2, -0.15) is 0 Å². The molecule has 2 atom stereocenters. The maximum absolute atomic E-state index is 12.0. The van der Waals surface area contributed by atoms with Gasteiger partial charge in [-0.05, 0) is 44.9 Å². The van der Waals surface area contributed by atoms with Crippen molar-refractivity contribution in [1.29, 1.82) is 0 Å². The molecular formula is C12H18ClNO2S. The minimum Gasteiger partial charge on any atom is -0.208 e. The van der Waals surface area contributed by atoms with E-state index in [2.05, 4.69) is 4.72 Å². The van der Waals surface area contributed by atoms with E-state index in [1.165, 1.54) is 0 Å². The number of nitrogens with one attached hydrogen (secondary N) is 1. The fourth-order valence-electron chi connectivity index (χ4n) is 1.65. The summed E-state index contributed by atoms with van der Waals surface area (Å²) in [7, 11) is -3.44. The molecule has 0 aliphatic heterocycles. The van der Waals surface area contributed by atoms with E-state index in [4.69, 9.17) is 11.6 Å². The Bertz CT molecular complexity index is 471. The van der Waals surface area contributed by atoms with Crippen LogP contribution in [0.15, 0.2) is 29.2 Å². The summed E-state index contributed by atoms with van der Waals surface area (Å²) in [5.74, 6) is 0. The highest BCUT2D eigenvalue weighted by atomic mass is 35.5. The van der Waals surface area contributed by atoms with Gasteiger partial charge in [0.05, 0.1) is 4.90 Å². The van der Waals surface area contributed by atoms with Crippen LogP contribution in [0.3, 0.4) is 0 Å². The number of hydrogen-bond donors (Lipinski definition) is 1. The van der Waals surface area contributed by atoms with Crippen LogP contribution in [0.25, 0.3) is 0 Å². The van der Waals surface area contributed by atoms with E-state index in [1.807, 2.05) is 26.8 Å². The van der Waals surface area contributed by atoms with Crippen LogP contribution in [0.1, 0.15) is 25.8 Å². The maximum atomic E-state index is 12.0. The summed E-state index contributed by atoms with van der Waals surface area (Å²) in [6, 6.07) is 6.67. The van der Waals surface area contributed by atoms with E-state index < -0.39 is 10.0 Å². The molecule has 0 saturated carbocycles. The summed E-state index contributed by atoms with van der Waals surface area (Å²) in [6.07, 6.45) is 0.604. The molecule has 96 valence electrons.